The largest absolute Gasteiger partial charge is 0.450 e. The van der Waals surface area contributed by atoms with Gasteiger partial charge in [0.15, 0.2) is 5.13 Å². The van der Waals surface area contributed by atoms with Crippen molar-refractivity contribution in [2.24, 2.45) is 0 Å². The summed E-state index contributed by atoms with van der Waals surface area (Å²) in [5, 5.41) is 4.90. The van der Waals surface area contributed by atoms with Gasteiger partial charge in [-0.3, -0.25) is 19.7 Å². The van der Waals surface area contributed by atoms with Gasteiger partial charge in [0.2, 0.25) is 11.5 Å². The topological polar surface area (TPSA) is 125 Å². The van der Waals surface area contributed by atoms with Crippen molar-refractivity contribution in [1.82, 2.24) is 19.8 Å². The maximum absolute atomic E-state index is 12.4. The van der Waals surface area contributed by atoms with Crippen molar-refractivity contribution in [3.05, 3.63) is 45.3 Å². The number of thiazole rings is 1. The van der Waals surface area contributed by atoms with E-state index in [1.807, 2.05) is 0 Å². The zero-order chi connectivity index (χ0) is 21.5. The Morgan fingerprint density at radius 1 is 1.20 bits per heavy atom. The minimum absolute atomic E-state index is 0.00494. The molecule has 0 atom stereocenters. The van der Waals surface area contributed by atoms with Crippen LogP contribution in [0.1, 0.15) is 29.4 Å². The molecule has 30 heavy (non-hydrogen) atoms. The minimum atomic E-state index is -0.373. The van der Waals surface area contributed by atoms with Crippen LogP contribution in [0.4, 0.5) is 9.93 Å². The lowest BCUT2D eigenvalue weighted by Gasteiger charge is -2.34. The van der Waals surface area contributed by atoms with Gasteiger partial charge in [-0.25, -0.2) is 9.78 Å². The Bertz CT molecular complexity index is 944. The molecule has 3 amide bonds. The Kier molecular flexibility index (Phi) is 7.17. The highest BCUT2D eigenvalue weighted by atomic mass is 32.1. The molecular formula is C19H23N5O5S. The molecule has 1 saturated heterocycles. The van der Waals surface area contributed by atoms with Gasteiger partial charge in [-0.05, 0) is 19.4 Å². The fourth-order valence-electron chi connectivity index (χ4n) is 2.95. The summed E-state index contributed by atoms with van der Waals surface area (Å²) in [6.07, 6.45) is 1.76. The predicted molar refractivity (Wildman–Crippen MR) is 111 cm³/mol. The van der Waals surface area contributed by atoms with E-state index in [2.05, 4.69) is 15.3 Å². The van der Waals surface area contributed by atoms with Crippen LogP contribution in [0.25, 0.3) is 0 Å². The van der Waals surface area contributed by atoms with Crippen LogP contribution < -0.4 is 10.9 Å². The second kappa shape index (κ2) is 10.0. The number of aromatic nitrogens is 2. The molecule has 0 saturated carbocycles. The highest BCUT2D eigenvalue weighted by Gasteiger charge is 2.24. The average molecular weight is 433 g/mol. The molecule has 2 aromatic heterocycles. The van der Waals surface area contributed by atoms with Crippen LogP contribution in [0.15, 0.2) is 28.5 Å². The van der Waals surface area contributed by atoms with Crippen molar-refractivity contribution in [3.8, 4) is 0 Å². The van der Waals surface area contributed by atoms with Crippen LogP contribution in [0, 0.1) is 0 Å². The van der Waals surface area contributed by atoms with Crippen LogP contribution in [0.3, 0.4) is 0 Å². The van der Waals surface area contributed by atoms with E-state index in [9.17, 15) is 19.2 Å². The lowest BCUT2D eigenvalue weighted by atomic mass is 10.2. The van der Waals surface area contributed by atoms with Crippen molar-refractivity contribution >= 4 is 34.4 Å². The summed E-state index contributed by atoms with van der Waals surface area (Å²) in [6, 6.07) is 2.71. The van der Waals surface area contributed by atoms with Crippen molar-refractivity contribution in [3.63, 3.8) is 0 Å². The van der Waals surface area contributed by atoms with E-state index in [0.717, 1.165) is 5.69 Å². The van der Waals surface area contributed by atoms with Crippen LogP contribution >= 0.6 is 11.3 Å². The van der Waals surface area contributed by atoms with Gasteiger partial charge in [0.25, 0.3) is 5.91 Å². The van der Waals surface area contributed by atoms with Gasteiger partial charge >= 0.3 is 6.09 Å². The number of nitrogens with one attached hydrogen (secondary N) is 2. The number of hydrogen-bond donors (Lipinski definition) is 2. The van der Waals surface area contributed by atoms with Crippen molar-refractivity contribution < 1.29 is 19.1 Å². The molecule has 11 heteroatoms. The minimum Gasteiger partial charge on any atom is -0.450 e. The van der Waals surface area contributed by atoms with Gasteiger partial charge in [0, 0.05) is 50.2 Å². The third-order valence-electron chi connectivity index (χ3n) is 4.57. The predicted octanol–water partition coefficient (Wildman–Crippen LogP) is 1.32. The van der Waals surface area contributed by atoms with Crippen molar-refractivity contribution in [2.45, 2.75) is 19.8 Å². The number of aromatic amines is 1. The molecule has 3 rings (SSSR count). The number of pyridine rings is 1. The number of H-pyrrole nitrogens is 1. The number of rotatable bonds is 6. The first-order valence-electron chi connectivity index (χ1n) is 9.60. The average Bonchev–Trinajstić information content (AvgIpc) is 3.20. The fourth-order valence-corrected chi connectivity index (χ4v) is 3.69. The monoisotopic (exact) mass is 433 g/mol. The van der Waals surface area contributed by atoms with Gasteiger partial charge in [0.05, 0.1) is 17.9 Å². The number of anilines is 1. The van der Waals surface area contributed by atoms with Crippen LogP contribution in [0.2, 0.25) is 0 Å². The number of aryl methyl sites for hydroxylation is 1. The van der Waals surface area contributed by atoms with E-state index >= 15 is 0 Å². The highest BCUT2D eigenvalue weighted by Crippen LogP contribution is 2.18. The maximum atomic E-state index is 12.4. The summed E-state index contributed by atoms with van der Waals surface area (Å²) >= 11 is 1.27. The molecule has 0 radical (unpaired) electrons. The standard InChI is InChI=1S/C19H23N5O5S/c1-2-29-19(28)24-9-7-23(8-10-24)16(26)6-4-14-12-30-18(21-14)22-17(27)13-3-5-15(25)20-11-13/h3,5,11-12H,2,4,6-10H2,1H3,(H,20,25)(H,21,22,27). The molecule has 10 nitrogen and oxygen atoms in total. The number of amides is 3. The van der Waals surface area contributed by atoms with E-state index in [4.69, 9.17) is 4.74 Å². The second-order valence-corrected chi connectivity index (χ2v) is 7.46. The Morgan fingerprint density at radius 2 is 1.93 bits per heavy atom. The number of ether oxygens (including phenoxy) is 1. The highest BCUT2D eigenvalue weighted by molar-refractivity contribution is 7.14. The van der Waals surface area contributed by atoms with Crippen LogP contribution in [-0.2, 0) is 16.0 Å². The molecule has 3 heterocycles. The lowest BCUT2D eigenvalue weighted by Crippen LogP contribution is -2.50. The molecule has 1 fully saturated rings. The number of nitrogens with zero attached hydrogens (tertiary/aromatic N) is 3. The summed E-state index contributed by atoms with van der Waals surface area (Å²) in [4.78, 5) is 57.5. The van der Waals surface area contributed by atoms with Gasteiger partial charge in [-0.2, -0.15) is 0 Å². The zero-order valence-electron chi connectivity index (χ0n) is 16.6. The van der Waals surface area contributed by atoms with E-state index in [1.165, 1.54) is 29.7 Å². The second-order valence-electron chi connectivity index (χ2n) is 6.61. The first-order valence-corrected chi connectivity index (χ1v) is 10.5. The Labute approximate surface area is 176 Å². The van der Waals surface area contributed by atoms with Crippen LogP contribution in [-0.4, -0.2) is 70.5 Å². The van der Waals surface area contributed by atoms with E-state index in [0.29, 0.717) is 56.3 Å². The molecule has 1 aliphatic heterocycles. The maximum Gasteiger partial charge on any atom is 0.409 e. The number of carbonyl (C=O) groups excluding carboxylic acids is 3. The Hall–Kier alpha value is -3.21. The molecule has 0 aliphatic carbocycles. The Balaban J connectivity index is 1.44. The molecule has 0 spiro atoms. The van der Waals surface area contributed by atoms with E-state index in [-0.39, 0.29) is 23.5 Å². The van der Waals surface area contributed by atoms with Gasteiger partial charge in [0.1, 0.15) is 0 Å². The first kappa shape index (κ1) is 21.5. The number of piperazine rings is 1. The number of hydrogen-bond acceptors (Lipinski definition) is 7. The van der Waals surface area contributed by atoms with Gasteiger partial charge in [-0.15, -0.1) is 11.3 Å². The molecule has 1 aliphatic rings. The fraction of sp³-hybridized carbons (Fsp3) is 0.421. The summed E-state index contributed by atoms with van der Waals surface area (Å²) in [5.41, 5.74) is 0.758. The molecule has 2 N–H and O–H groups in total. The van der Waals surface area contributed by atoms with E-state index < -0.39 is 0 Å². The molecule has 0 aromatic carbocycles. The van der Waals surface area contributed by atoms with Crippen LogP contribution in [0.5, 0.6) is 0 Å². The molecule has 160 valence electrons. The molecule has 2 aromatic rings. The SMILES string of the molecule is CCOC(=O)N1CCN(C(=O)CCc2csc(NC(=O)c3ccc(=O)[nH]c3)n2)CC1. The first-order chi connectivity index (χ1) is 14.5. The Morgan fingerprint density at radius 3 is 2.60 bits per heavy atom. The summed E-state index contributed by atoms with van der Waals surface area (Å²) in [7, 11) is 0. The lowest BCUT2D eigenvalue weighted by molar-refractivity contribution is -0.132. The van der Waals surface area contributed by atoms with E-state index in [1.54, 1.807) is 22.1 Å². The molecule has 0 bridgehead atoms. The summed E-state index contributed by atoms with van der Waals surface area (Å²) < 4.78 is 4.98. The molecular weight excluding hydrogens is 410 g/mol. The van der Waals surface area contributed by atoms with Gasteiger partial charge < -0.3 is 19.5 Å². The summed E-state index contributed by atoms with van der Waals surface area (Å²) in [5.74, 6) is -0.368. The van der Waals surface area contributed by atoms with Gasteiger partial charge in [-0.1, -0.05) is 0 Å². The third-order valence-corrected chi connectivity index (χ3v) is 5.38. The summed E-state index contributed by atoms with van der Waals surface area (Å²) in [6.45, 7) is 3.98. The zero-order valence-corrected chi connectivity index (χ0v) is 17.4. The van der Waals surface area contributed by atoms with Crippen molar-refractivity contribution in [2.75, 3.05) is 38.1 Å². The third kappa shape index (κ3) is 5.66. The number of carbonyl (C=O) groups is 3. The molecule has 0 unspecified atom stereocenters. The smallest absolute Gasteiger partial charge is 0.409 e. The quantitative estimate of drug-likeness (QED) is 0.708. The van der Waals surface area contributed by atoms with Crippen molar-refractivity contribution in [1.29, 1.82) is 0 Å². The normalized spacial score (nSPS) is 13.8.